The van der Waals surface area contributed by atoms with E-state index >= 15 is 0 Å². The van der Waals surface area contributed by atoms with E-state index in [1.807, 2.05) is 6.92 Å². The molecule has 2 unspecified atom stereocenters. The molecule has 4 rings (SSSR count). The second kappa shape index (κ2) is 3.42. The molecule has 1 saturated heterocycles. The van der Waals surface area contributed by atoms with Gasteiger partial charge in [0.1, 0.15) is 0 Å². The zero-order valence-corrected chi connectivity index (χ0v) is 13.2. The summed E-state index contributed by atoms with van der Waals surface area (Å²) in [7, 11) is -3.41. The van der Waals surface area contributed by atoms with Crippen LogP contribution in [0, 0.1) is 28.6 Å². The lowest BCUT2D eigenvalue weighted by Gasteiger charge is -2.37. The van der Waals surface area contributed by atoms with Gasteiger partial charge in [-0.05, 0) is 42.9 Å². The fraction of sp³-hybridized carbons (Fsp3) is 0.933. The van der Waals surface area contributed by atoms with Crippen molar-refractivity contribution in [3.63, 3.8) is 0 Å². The summed E-state index contributed by atoms with van der Waals surface area (Å²) in [5, 5.41) is 0. The summed E-state index contributed by atoms with van der Waals surface area (Å²) >= 11 is 0. The molecule has 1 amide bonds. The van der Waals surface area contributed by atoms with Crippen LogP contribution in [0.1, 0.15) is 46.5 Å². The topological polar surface area (TPSA) is 54.5 Å². The lowest BCUT2D eigenvalue weighted by molar-refractivity contribution is -0.130. The summed E-state index contributed by atoms with van der Waals surface area (Å²) in [6, 6.07) is -0.0541. The third-order valence-corrected chi connectivity index (χ3v) is 8.97. The number of amides is 1. The van der Waals surface area contributed by atoms with Crippen molar-refractivity contribution in [2.24, 2.45) is 28.6 Å². The standard InChI is InChI=1S/C15H23NO3S/c1-9-6-11(9)13(17)16-12-7-10-4-5-15(12,14(10,2)3)8-20(16,18)19/h9-12H,4-8H2,1-3H3/t9?,10-,11?,12-,15+/m1/s1. The molecule has 0 aromatic carbocycles. The smallest absolute Gasteiger partial charge is 0.239 e. The molecular formula is C15H23NO3S. The van der Waals surface area contributed by atoms with E-state index in [2.05, 4.69) is 13.8 Å². The second-order valence-corrected chi connectivity index (χ2v) is 9.92. The van der Waals surface area contributed by atoms with Crippen molar-refractivity contribution in [2.45, 2.75) is 52.5 Å². The number of hydrogen-bond donors (Lipinski definition) is 0. The van der Waals surface area contributed by atoms with Crippen LogP contribution >= 0.6 is 0 Å². The van der Waals surface area contributed by atoms with Crippen molar-refractivity contribution in [3.05, 3.63) is 0 Å². The van der Waals surface area contributed by atoms with Gasteiger partial charge in [0, 0.05) is 11.3 Å². The molecule has 4 aliphatic rings. The van der Waals surface area contributed by atoms with Crippen molar-refractivity contribution in [1.82, 2.24) is 4.31 Å². The Morgan fingerprint density at radius 3 is 2.45 bits per heavy atom. The molecule has 0 aromatic heterocycles. The summed E-state index contributed by atoms with van der Waals surface area (Å²) in [5.41, 5.74) is -0.126. The number of rotatable bonds is 1. The van der Waals surface area contributed by atoms with Gasteiger partial charge in [-0.15, -0.1) is 0 Å². The van der Waals surface area contributed by atoms with Gasteiger partial charge in [-0.1, -0.05) is 20.8 Å². The number of carbonyl (C=O) groups is 1. The molecule has 1 spiro atoms. The second-order valence-electron chi connectivity index (χ2n) is 8.07. The lowest BCUT2D eigenvalue weighted by atomic mass is 9.69. The van der Waals surface area contributed by atoms with Crippen molar-refractivity contribution < 1.29 is 13.2 Å². The van der Waals surface area contributed by atoms with E-state index in [9.17, 15) is 13.2 Å². The van der Waals surface area contributed by atoms with Crippen LogP contribution in [0.3, 0.4) is 0 Å². The van der Waals surface area contributed by atoms with Crippen LogP contribution in [0.15, 0.2) is 0 Å². The van der Waals surface area contributed by atoms with E-state index < -0.39 is 10.0 Å². The van der Waals surface area contributed by atoms with Gasteiger partial charge < -0.3 is 0 Å². The molecule has 1 heterocycles. The monoisotopic (exact) mass is 297 g/mol. The average Bonchev–Trinajstić information content (AvgIpc) is 2.88. The van der Waals surface area contributed by atoms with Gasteiger partial charge in [0.2, 0.25) is 15.9 Å². The molecule has 20 heavy (non-hydrogen) atoms. The summed E-state index contributed by atoms with van der Waals surface area (Å²) in [4.78, 5) is 12.6. The molecule has 0 N–H and O–H groups in total. The van der Waals surface area contributed by atoms with Crippen LogP contribution in [-0.4, -0.2) is 30.4 Å². The van der Waals surface area contributed by atoms with Crippen LogP contribution in [0.4, 0.5) is 0 Å². The first-order valence-corrected chi connectivity index (χ1v) is 9.37. The molecule has 0 radical (unpaired) electrons. The maximum atomic E-state index is 12.6. The molecule has 4 fully saturated rings. The maximum Gasteiger partial charge on any atom is 0.239 e. The van der Waals surface area contributed by atoms with Crippen molar-refractivity contribution in [1.29, 1.82) is 0 Å². The Kier molecular flexibility index (Phi) is 2.24. The molecule has 0 aromatic rings. The van der Waals surface area contributed by atoms with E-state index in [0.29, 0.717) is 11.8 Å². The Morgan fingerprint density at radius 2 is 1.90 bits per heavy atom. The van der Waals surface area contributed by atoms with Crippen LogP contribution in [0.2, 0.25) is 0 Å². The molecular weight excluding hydrogens is 274 g/mol. The van der Waals surface area contributed by atoms with Gasteiger partial charge in [-0.25, -0.2) is 12.7 Å². The van der Waals surface area contributed by atoms with E-state index in [0.717, 1.165) is 25.7 Å². The minimum atomic E-state index is -3.41. The quantitative estimate of drug-likeness (QED) is 0.744. The minimum Gasteiger partial charge on any atom is -0.273 e. The number of nitrogens with zero attached hydrogens (tertiary/aromatic N) is 1. The molecule has 112 valence electrons. The molecule has 5 heteroatoms. The van der Waals surface area contributed by atoms with E-state index in [1.54, 1.807) is 0 Å². The highest BCUT2D eigenvalue weighted by Crippen LogP contribution is 2.70. The summed E-state index contributed by atoms with van der Waals surface area (Å²) in [5.74, 6) is 0.988. The van der Waals surface area contributed by atoms with Crippen LogP contribution in [-0.2, 0) is 14.8 Å². The van der Waals surface area contributed by atoms with Crippen LogP contribution in [0.5, 0.6) is 0 Å². The Morgan fingerprint density at radius 1 is 1.25 bits per heavy atom. The molecule has 2 bridgehead atoms. The third kappa shape index (κ3) is 1.29. The first kappa shape index (κ1) is 13.1. The fourth-order valence-corrected chi connectivity index (χ4v) is 7.99. The van der Waals surface area contributed by atoms with Gasteiger partial charge in [-0.2, -0.15) is 0 Å². The maximum absolute atomic E-state index is 12.6. The highest BCUT2D eigenvalue weighted by Gasteiger charge is 2.72. The zero-order valence-electron chi connectivity index (χ0n) is 12.4. The first-order valence-electron chi connectivity index (χ1n) is 7.77. The van der Waals surface area contributed by atoms with Gasteiger partial charge in [0.25, 0.3) is 0 Å². The predicted octanol–water partition coefficient (Wildman–Crippen LogP) is 2.01. The minimum absolute atomic E-state index is 0.0397. The zero-order chi connectivity index (χ0) is 14.5. The summed E-state index contributed by atoms with van der Waals surface area (Å²) in [6.45, 7) is 6.47. The molecule has 3 aliphatic carbocycles. The van der Waals surface area contributed by atoms with Crippen molar-refractivity contribution >= 4 is 15.9 Å². The molecule has 3 saturated carbocycles. The number of hydrogen-bond acceptors (Lipinski definition) is 3. The number of fused-ring (bicyclic) bond motifs is 1. The normalized spacial score (nSPS) is 50.2. The van der Waals surface area contributed by atoms with Crippen LogP contribution < -0.4 is 0 Å². The number of carbonyl (C=O) groups excluding carboxylic acids is 1. The third-order valence-electron chi connectivity index (χ3n) is 7.06. The van der Waals surface area contributed by atoms with Crippen molar-refractivity contribution in [2.75, 3.05) is 5.75 Å². The molecule has 5 atom stereocenters. The summed E-state index contributed by atoms with van der Waals surface area (Å²) in [6.07, 6.45) is 3.84. The van der Waals surface area contributed by atoms with Gasteiger partial charge in [0.15, 0.2) is 0 Å². The van der Waals surface area contributed by atoms with Gasteiger partial charge in [-0.3, -0.25) is 4.79 Å². The highest BCUT2D eigenvalue weighted by atomic mass is 32.2. The highest BCUT2D eigenvalue weighted by molar-refractivity contribution is 7.90. The Labute approximate surface area is 121 Å². The Hall–Kier alpha value is -0.580. The molecule has 4 nitrogen and oxygen atoms in total. The molecule has 1 aliphatic heterocycles. The SMILES string of the molecule is CC1CC1C(=O)N1[C@@H]2C[C@H]3CC[C@@]2(CS1(=O)=O)C3(C)C. The van der Waals surface area contributed by atoms with Gasteiger partial charge >= 0.3 is 0 Å². The van der Waals surface area contributed by atoms with Crippen LogP contribution in [0.25, 0.3) is 0 Å². The summed E-state index contributed by atoms with van der Waals surface area (Å²) < 4.78 is 26.6. The largest absolute Gasteiger partial charge is 0.273 e. The average molecular weight is 297 g/mol. The lowest BCUT2D eigenvalue weighted by Crippen LogP contribution is -2.44. The van der Waals surface area contributed by atoms with E-state index in [1.165, 1.54) is 4.31 Å². The fourth-order valence-electron chi connectivity index (χ4n) is 5.41. The number of sulfonamides is 1. The van der Waals surface area contributed by atoms with E-state index in [4.69, 9.17) is 0 Å². The van der Waals surface area contributed by atoms with E-state index in [-0.39, 0.29) is 34.4 Å². The predicted molar refractivity (Wildman–Crippen MR) is 75.2 cm³/mol. The Balaban J connectivity index is 1.77. The van der Waals surface area contributed by atoms with Crippen molar-refractivity contribution in [3.8, 4) is 0 Å². The Bertz CT molecular complexity index is 596. The first-order chi connectivity index (χ1) is 9.21. The van der Waals surface area contributed by atoms with Gasteiger partial charge in [0.05, 0.1) is 11.8 Å².